The maximum Gasteiger partial charge on any atom is 0.304 e. The van der Waals surface area contributed by atoms with Gasteiger partial charge in [-0.25, -0.2) is 0 Å². The molecule has 17 heavy (non-hydrogen) atoms. The first-order chi connectivity index (χ1) is 7.77. The molecule has 0 fully saturated rings. The molecular formula is C13H17ClO3. The second-order valence-corrected chi connectivity index (χ2v) is 5.17. The van der Waals surface area contributed by atoms with Gasteiger partial charge in [0.2, 0.25) is 0 Å². The van der Waals surface area contributed by atoms with Crippen molar-refractivity contribution < 1.29 is 14.6 Å². The molecule has 0 spiro atoms. The van der Waals surface area contributed by atoms with Gasteiger partial charge in [-0.3, -0.25) is 4.79 Å². The monoisotopic (exact) mass is 256 g/mol. The van der Waals surface area contributed by atoms with Crippen LogP contribution in [0.25, 0.3) is 0 Å². The van der Waals surface area contributed by atoms with Crippen molar-refractivity contribution >= 4 is 17.6 Å². The zero-order valence-corrected chi connectivity index (χ0v) is 11.3. The first kappa shape index (κ1) is 13.8. The minimum atomic E-state index is -0.826. The molecule has 1 aromatic carbocycles. The van der Waals surface area contributed by atoms with Crippen LogP contribution in [-0.2, 0) is 10.2 Å². The van der Waals surface area contributed by atoms with Crippen LogP contribution in [0, 0.1) is 6.92 Å². The number of carboxylic acids is 1. The lowest BCUT2D eigenvalue weighted by atomic mass is 9.79. The summed E-state index contributed by atoms with van der Waals surface area (Å²) in [7, 11) is 1.58. The van der Waals surface area contributed by atoms with E-state index in [1.807, 2.05) is 26.8 Å². The molecule has 3 nitrogen and oxygen atoms in total. The Morgan fingerprint density at radius 3 is 2.53 bits per heavy atom. The van der Waals surface area contributed by atoms with Crippen molar-refractivity contribution in [3.63, 3.8) is 0 Å². The number of carboxylic acid groups (broad SMARTS) is 1. The average Bonchev–Trinajstić information content (AvgIpc) is 2.18. The molecule has 0 bridgehead atoms. The number of hydrogen-bond acceptors (Lipinski definition) is 2. The van der Waals surface area contributed by atoms with Crippen LogP contribution in [0.1, 0.15) is 31.4 Å². The molecule has 0 saturated heterocycles. The number of benzene rings is 1. The van der Waals surface area contributed by atoms with Gasteiger partial charge in [0.1, 0.15) is 5.75 Å². The fraction of sp³-hybridized carbons (Fsp3) is 0.462. The van der Waals surface area contributed by atoms with Gasteiger partial charge in [-0.2, -0.15) is 0 Å². The topological polar surface area (TPSA) is 46.5 Å². The molecule has 0 atom stereocenters. The Kier molecular flexibility index (Phi) is 4.04. The van der Waals surface area contributed by atoms with Crippen molar-refractivity contribution in [2.45, 2.75) is 32.6 Å². The van der Waals surface area contributed by atoms with Crippen LogP contribution in [0.4, 0.5) is 0 Å². The molecule has 0 saturated carbocycles. The predicted molar refractivity (Wildman–Crippen MR) is 68.0 cm³/mol. The Morgan fingerprint density at radius 1 is 1.47 bits per heavy atom. The first-order valence-electron chi connectivity index (χ1n) is 5.34. The van der Waals surface area contributed by atoms with Crippen molar-refractivity contribution in [1.82, 2.24) is 0 Å². The van der Waals surface area contributed by atoms with E-state index in [-0.39, 0.29) is 6.42 Å². The molecule has 1 rings (SSSR count). The molecule has 4 heteroatoms. The highest BCUT2D eigenvalue weighted by atomic mass is 35.5. The molecule has 0 heterocycles. The highest BCUT2D eigenvalue weighted by Gasteiger charge is 2.27. The lowest BCUT2D eigenvalue weighted by Crippen LogP contribution is -2.23. The van der Waals surface area contributed by atoms with Gasteiger partial charge >= 0.3 is 5.97 Å². The van der Waals surface area contributed by atoms with Crippen LogP contribution in [0.5, 0.6) is 5.75 Å². The molecule has 1 N–H and O–H groups in total. The Labute approximate surface area is 106 Å². The van der Waals surface area contributed by atoms with Crippen LogP contribution in [0.3, 0.4) is 0 Å². The summed E-state index contributed by atoms with van der Waals surface area (Å²) in [5, 5.41) is 9.49. The summed E-state index contributed by atoms with van der Waals surface area (Å²) < 4.78 is 5.23. The zero-order chi connectivity index (χ0) is 13.2. The summed E-state index contributed by atoms with van der Waals surface area (Å²) >= 11 is 6.02. The van der Waals surface area contributed by atoms with Crippen LogP contribution >= 0.6 is 11.6 Å². The van der Waals surface area contributed by atoms with Gasteiger partial charge < -0.3 is 9.84 Å². The minimum Gasteiger partial charge on any atom is -0.496 e. The second kappa shape index (κ2) is 4.96. The second-order valence-electron chi connectivity index (χ2n) is 4.74. The fourth-order valence-electron chi connectivity index (χ4n) is 2.04. The van der Waals surface area contributed by atoms with E-state index in [1.54, 1.807) is 13.2 Å². The van der Waals surface area contributed by atoms with Crippen LogP contribution in [0.2, 0.25) is 5.02 Å². The van der Waals surface area contributed by atoms with E-state index in [0.29, 0.717) is 10.8 Å². The lowest BCUT2D eigenvalue weighted by Gasteiger charge is -2.26. The van der Waals surface area contributed by atoms with Crippen molar-refractivity contribution in [1.29, 1.82) is 0 Å². The number of aliphatic carboxylic acids is 1. The van der Waals surface area contributed by atoms with E-state index in [2.05, 4.69) is 0 Å². The summed E-state index contributed by atoms with van der Waals surface area (Å²) in [6.07, 6.45) is 0.0529. The van der Waals surface area contributed by atoms with Crippen molar-refractivity contribution in [3.8, 4) is 5.75 Å². The molecule has 0 aliphatic heterocycles. The molecular weight excluding hydrogens is 240 g/mol. The van der Waals surface area contributed by atoms with E-state index < -0.39 is 11.4 Å². The number of halogens is 1. The summed E-state index contributed by atoms with van der Waals surface area (Å²) in [4.78, 5) is 10.9. The first-order valence-corrected chi connectivity index (χ1v) is 5.72. The highest BCUT2D eigenvalue weighted by Crippen LogP contribution is 2.36. The average molecular weight is 257 g/mol. The van der Waals surface area contributed by atoms with E-state index in [9.17, 15) is 4.79 Å². The Balaban J connectivity index is 3.29. The summed E-state index contributed by atoms with van der Waals surface area (Å²) in [5.41, 5.74) is 1.36. The minimum absolute atomic E-state index is 0.0529. The summed E-state index contributed by atoms with van der Waals surface area (Å²) in [5.74, 6) is -0.140. The van der Waals surface area contributed by atoms with Gasteiger partial charge in [-0.15, -0.1) is 0 Å². The van der Waals surface area contributed by atoms with Gasteiger partial charge in [-0.05, 0) is 30.2 Å². The predicted octanol–water partition coefficient (Wildman–Crippen LogP) is 3.41. The highest BCUT2D eigenvalue weighted by molar-refractivity contribution is 6.30. The third kappa shape index (κ3) is 3.13. The Morgan fingerprint density at radius 2 is 2.06 bits per heavy atom. The number of methoxy groups -OCH3 is 1. The van der Waals surface area contributed by atoms with Gasteiger partial charge in [0.05, 0.1) is 13.5 Å². The van der Waals surface area contributed by atoms with Crippen molar-refractivity contribution in [3.05, 3.63) is 28.3 Å². The summed E-state index contributed by atoms with van der Waals surface area (Å²) in [6, 6.07) is 3.54. The van der Waals surface area contributed by atoms with E-state index >= 15 is 0 Å². The van der Waals surface area contributed by atoms with Crippen LogP contribution in [0.15, 0.2) is 12.1 Å². The van der Waals surface area contributed by atoms with E-state index in [0.717, 1.165) is 11.1 Å². The molecule has 0 unspecified atom stereocenters. The number of hydrogen-bond donors (Lipinski definition) is 1. The molecule has 0 aliphatic rings. The molecule has 0 aromatic heterocycles. The van der Waals surface area contributed by atoms with Gasteiger partial charge in [-0.1, -0.05) is 25.4 Å². The third-order valence-electron chi connectivity index (χ3n) is 2.87. The number of ether oxygens (including phenoxy) is 1. The van der Waals surface area contributed by atoms with E-state index in [1.165, 1.54) is 0 Å². The SMILES string of the molecule is COc1cc(Cl)cc(C(C)(C)CC(=O)O)c1C. The van der Waals surface area contributed by atoms with Gasteiger partial charge in [0, 0.05) is 10.4 Å². The van der Waals surface area contributed by atoms with Crippen LogP contribution in [-0.4, -0.2) is 18.2 Å². The van der Waals surface area contributed by atoms with Crippen molar-refractivity contribution in [2.24, 2.45) is 0 Å². The molecule has 0 amide bonds. The van der Waals surface area contributed by atoms with E-state index in [4.69, 9.17) is 21.4 Å². The number of carbonyl (C=O) groups is 1. The standard InChI is InChI=1S/C13H17ClO3/c1-8-10(13(2,3)7-12(15)16)5-9(14)6-11(8)17-4/h5-6H,7H2,1-4H3,(H,15,16). The normalized spacial score (nSPS) is 11.4. The van der Waals surface area contributed by atoms with Crippen LogP contribution < -0.4 is 4.74 Å². The molecule has 0 radical (unpaired) electrons. The molecule has 94 valence electrons. The van der Waals surface area contributed by atoms with Crippen molar-refractivity contribution in [2.75, 3.05) is 7.11 Å². The zero-order valence-electron chi connectivity index (χ0n) is 10.5. The largest absolute Gasteiger partial charge is 0.496 e. The summed E-state index contributed by atoms with van der Waals surface area (Å²) in [6.45, 7) is 5.69. The maximum absolute atomic E-state index is 10.9. The number of rotatable bonds is 4. The van der Waals surface area contributed by atoms with Gasteiger partial charge in [0.25, 0.3) is 0 Å². The lowest BCUT2D eigenvalue weighted by molar-refractivity contribution is -0.138. The third-order valence-corrected chi connectivity index (χ3v) is 3.09. The molecule has 0 aliphatic carbocycles. The van der Waals surface area contributed by atoms with Gasteiger partial charge in [0.15, 0.2) is 0 Å². The molecule has 1 aromatic rings. The fourth-order valence-corrected chi connectivity index (χ4v) is 2.25. The maximum atomic E-state index is 10.9. The Hall–Kier alpha value is -1.22. The quantitative estimate of drug-likeness (QED) is 0.898. The Bertz CT molecular complexity index is 439. The smallest absolute Gasteiger partial charge is 0.304 e.